The molecule has 0 spiro atoms. The zero-order valence-corrected chi connectivity index (χ0v) is 20.0. The molecule has 0 bridgehead atoms. The summed E-state index contributed by atoms with van der Waals surface area (Å²) in [6.07, 6.45) is -6.60. The zero-order chi connectivity index (χ0) is 27.6. The summed E-state index contributed by atoms with van der Waals surface area (Å²) in [5.41, 5.74) is 5.51. The number of hydrogen-bond acceptors (Lipinski definition) is 4. The number of aliphatic imine (C=N–C) groups is 1. The Hall–Kier alpha value is -3.83. The molecule has 4 rings (SSSR count). The molecule has 0 saturated heterocycles. The summed E-state index contributed by atoms with van der Waals surface area (Å²) < 4.78 is 67.4. The van der Waals surface area contributed by atoms with Crippen molar-refractivity contribution in [2.24, 2.45) is 28.5 Å². The van der Waals surface area contributed by atoms with E-state index in [0.29, 0.717) is 0 Å². The minimum absolute atomic E-state index is 0.00455. The number of primary amides is 1. The fraction of sp³-hybridized carbons (Fsp3) is 0.385. The Morgan fingerprint density at radius 2 is 1.82 bits per heavy atom. The van der Waals surface area contributed by atoms with E-state index in [4.69, 9.17) is 5.73 Å². The van der Waals surface area contributed by atoms with Crippen molar-refractivity contribution in [1.29, 1.82) is 0 Å². The molecule has 1 heterocycles. The number of hydrogen-bond donors (Lipinski definition) is 3. The van der Waals surface area contributed by atoms with Crippen LogP contribution < -0.4 is 16.4 Å². The fourth-order valence-electron chi connectivity index (χ4n) is 4.53. The molecule has 1 aliphatic carbocycles. The summed E-state index contributed by atoms with van der Waals surface area (Å²) in [5.74, 6) is -6.89. The van der Waals surface area contributed by atoms with E-state index in [1.807, 2.05) is 0 Å². The van der Waals surface area contributed by atoms with Crippen molar-refractivity contribution >= 4 is 29.1 Å². The monoisotopic (exact) mass is 536 g/mol. The minimum Gasteiger partial charge on any atom is -0.369 e. The highest BCUT2D eigenvalue weighted by molar-refractivity contribution is 6.20. The summed E-state index contributed by atoms with van der Waals surface area (Å²) in [7, 11) is 0. The number of carbonyl (C=O) groups is 3. The molecule has 202 valence electrons. The van der Waals surface area contributed by atoms with E-state index in [1.54, 1.807) is 0 Å². The average Bonchev–Trinajstić information content (AvgIpc) is 3.66. The van der Waals surface area contributed by atoms with Crippen molar-refractivity contribution < 1.29 is 36.3 Å². The minimum atomic E-state index is -4.56. The van der Waals surface area contributed by atoms with Crippen molar-refractivity contribution in [3.63, 3.8) is 0 Å². The maximum atomic E-state index is 14.7. The van der Waals surface area contributed by atoms with E-state index in [9.17, 15) is 36.3 Å². The Kier molecular flexibility index (Phi) is 7.79. The van der Waals surface area contributed by atoms with Crippen LogP contribution in [0.25, 0.3) is 0 Å². The summed E-state index contributed by atoms with van der Waals surface area (Å²) in [6, 6.07) is 9.12. The third kappa shape index (κ3) is 6.53. The Bertz CT molecular complexity index is 1280. The van der Waals surface area contributed by atoms with Crippen LogP contribution in [-0.4, -0.2) is 35.8 Å². The van der Waals surface area contributed by atoms with Crippen LogP contribution in [0.3, 0.4) is 0 Å². The predicted molar refractivity (Wildman–Crippen MR) is 128 cm³/mol. The lowest BCUT2D eigenvalue weighted by atomic mass is 9.83. The topological polar surface area (TPSA) is 114 Å². The second-order valence-corrected chi connectivity index (χ2v) is 9.50. The molecule has 0 unspecified atom stereocenters. The van der Waals surface area contributed by atoms with Crippen LogP contribution >= 0.6 is 0 Å². The van der Waals surface area contributed by atoms with Gasteiger partial charge in [0.05, 0.1) is 11.4 Å². The smallest absolute Gasteiger partial charge is 0.369 e. The molecule has 1 fully saturated rings. The predicted octanol–water partition coefficient (Wildman–Crippen LogP) is 4.06. The van der Waals surface area contributed by atoms with Gasteiger partial charge in [-0.15, -0.1) is 0 Å². The number of para-hydroxylation sites is 1. The van der Waals surface area contributed by atoms with Gasteiger partial charge in [-0.25, -0.2) is 13.8 Å². The molecular formula is C26H25F5N4O3. The zero-order valence-electron chi connectivity index (χ0n) is 20.0. The number of anilines is 1. The Balaban J connectivity index is 1.68. The van der Waals surface area contributed by atoms with Gasteiger partial charge in [-0.3, -0.25) is 14.4 Å². The van der Waals surface area contributed by atoms with E-state index < -0.39 is 66.4 Å². The number of benzodiazepines with no additional fused rings is 1. The third-order valence-electron chi connectivity index (χ3n) is 6.61. The van der Waals surface area contributed by atoms with Crippen LogP contribution in [0.5, 0.6) is 0 Å². The number of nitrogens with zero attached hydrogens (tertiary/aromatic N) is 1. The van der Waals surface area contributed by atoms with Crippen LogP contribution in [0, 0.1) is 29.4 Å². The van der Waals surface area contributed by atoms with Gasteiger partial charge in [0.15, 0.2) is 0 Å². The van der Waals surface area contributed by atoms with Crippen LogP contribution in [-0.2, 0) is 14.4 Å². The molecule has 2 aliphatic rings. The SMILES string of the molecule is NC(=O)[C@H](CCC(F)(F)F)[C@H](CC1CC1)C(=O)N[C@H]1N=C(c2cccc(F)c2)c2cccc(F)c2NC1=O. The van der Waals surface area contributed by atoms with Crippen molar-refractivity contribution in [3.05, 3.63) is 65.2 Å². The van der Waals surface area contributed by atoms with Gasteiger partial charge >= 0.3 is 6.18 Å². The van der Waals surface area contributed by atoms with Crippen molar-refractivity contribution in [2.45, 2.75) is 44.4 Å². The average molecular weight is 537 g/mol. The van der Waals surface area contributed by atoms with Gasteiger partial charge in [0, 0.05) is 29.4 Å². The highest BCUT2D eigenvalue weighted by atomic mass is 19.4. The quantitative estimate of drug-likeness (QED) is 0.420. The van der Waals surface area contributed by atoms with Gasteiger partial charge in [-0.05, 0) is 37.0 Å². The number of nitrogens with one attached hydrogen (secondary N) is 2. The lowest BCUT2D eigenvalue weighted by Crippen LogP contribution is -2.48. The molecule has 2 aromatic rings. The number of fused-ring (bicyclic) bond motifs is 1. The van der Waals surface area contributed by atoms with Crippen LogP contribution in [0.15, 0.2) is 47.5 Å². The first kappa shape index (κ1) is 27.2. The van der Waals surface area contributed by atoms with Gasteiger partial charge in [0.2, 0.25) is 18.0 Å². The Morgan fingerprint density at radius 1 is 1.11 bits per heavy atom. The number of nitrogens with two attached hydrogens (primary N) is 1. The van der Waals surface area contributed by atoms with Gasteiger partial charge in [0.1, 0.15) is 11.6 Å². The Labute approximate surface area is 214 Å². The number of amides is 3. The molecule has 7 nitrogen and oxygen atoms in total. The summed E-state index contributed by atoms with van der Waals surface area (Å²) >= 11 is 0. The van der Waals surface area contributed by atoms with Gasteiger partial charge < -0.3 is 16.4 Å². The number of carbonyl (C=O) groups excluding carboxylic acids is 3. The van der Waals surface area contributed by atoms with Crippen LogP contribution in [0.2, 0.25) is 0 Å². The van der Waals surface area contributed by atoms with Crippen molar-refractivity contribution in [2.75, 3.05) is 5.32 Å². The molecule has 0 aromatic heterocycles. The number of rotatable bonds is 9. The lowest BCUT2D eigenvalue weighted by Gasteiger charge is -2.26. The van der Waals surface area contributed by atoms with E-state index in [1.165, 1.54) is 30.3 Å². The molecule has 3 amide bonds. The van der Waals surface area contributed by atoms with Gasteiger partial charge in [-0.1, -0.05) is 37.1 Å². The van der Waals surface area contributed by atoms with E-state index in [0.717, 1.165) is 25.0 Å². The number of benzene rings is 2. The standard InChI is InChI=1S/C26H25F5N4O3/c27-15-4-1-3-14(12-15)20-17-5-2-6-19(28)21(17)34-25(38)23(33-20)35-24(37)18(11-13-7-8-13)16(22(32)36)9-10-26(29,30)31/h1-6,12-13,16,18,23H,7-11H2,(H2,32,36)(H,34,38)(H,35,37)/t16-,18+,23-/m1/s1. The highest BCUT2D eigenvalue weighted by Gasteiger charge is 2.41. The molecule has 12 heteroatoms. The van der Waals surface area contributed by atoms with Gasteiger partial charge in [0.25, 0.3) is 5.91 Å². The number of halogens is 5. The summed E-state index contributed by atoms with van der Waals surface area (Å²) in [4.78, 5) is 42.8. The van der Waals surface area contributed by atoms with Crippen LogP contribution in [0.1, 0.15) is 43.2 Å². The third-order valence-corrected chi connectivity index (χ3v) is 6.61. The van der Waals surface area contributed by atoms with Gasteiger partial charge in [-0.2, -0.15) is 13.2 Å². The molecular weight excluding hydrogens is 511 g/mol. The fourth-order valence-corrected chi connectivity index (χ4v) is 4.53. The first-order valence-corrected chi connectivity index (χ1v) is 12.0. The molecule has 4 N–H and O–H groups in total. The molecule has 0 radical (unpaired) electrons. The maximum absolute atomic E-state index is 14.7. The van der Waals surface area contributed by atoms with E-state index in [2.05, 4.69) is 15.6 Å². The molecule has 2 aromatic carbocycles. The summed E-state index contributed by atoms with van der Waals surface area (Å²) in [5, 5.41) is 4.77. The number of alkyl halides is 3. The molecule has 38 heavy (non-hydrogen) atoms. The molecule has 1 aliphatic heterocycles. The molecule has 3 atom stereocenters. The molecule has 1 saturated carbocycles. The highest BCUT2D eigenvalue weighted by Crippen LogP contribution is 2.39. The van der Waals surface area contributed by atoms with E-state index >= 15 is 0 Å². The summed E-state index contributed by atoms with van der Waals surface area (Å²) in [6.45, 7) is 0. The first-order valence-electron chi connectivity index (χ1n) is 12.0. The second-order valence-electron chi connectivity index (χ2n) is 9.50. The second kappa shape index (κ2) is 10.9. The first-order chi connectivity index (χ1) is 17.9. The Morgan fingerprint density at radius 3 is 2.45 bits per heavy atom. The van der Waals surface area contributed by atoms with Crippen molar-refractivity contribution in [1.82, 2.24) is 5.32 Å². The maximum Gasteiger partial charge on any atom is 0.389 e. The van der Waals surface area contributed by atoms with Crippen molar-refractivity contribution in [3.8, 4) is 0 Å². The van der Waals surface area contributed by atoms with E-state index in [-0.39, 0.29) is 34.9 Å². The lowest BCUT2D eigenvalue weighted by molar-refractivity contribution is -0.146. The van der Waals surface area contributed by atoms with Crippen LogP contribution in [0.4, 0.5) is 27.6 Å². The normalized spacial score (nSPS) is 18.9. The largest absolute Gasteiger partial charge is 0.389 e.